The van der Waals surface area contributed by atoms with E-state index in [2.05, 4.69) is 29.4 Å². The van der Waals surface area contributed by atoms with E-state index in [1.54, 1.807) is 0 Å². The van der Waals surface area contributed by atoms with Gasteiger partial charge in [-0.15, -0.1) is 0 Å². The topological polar surface area (TPSA) is 37.8 Å². The Balaban J connectivity index is 1.95. The van der Waals surface area contributed by atoms with E-state index in [-0.39, 0.29) is 0 Å². The third-order valence-electron chi connectivity index (χ3n) is 4.06. The smallest absolute Gasteiger partial charge is 0.136 e. The van der Waals surface area contributed by atoms with Crippen molar-refractivity contribution in [1.29, 1.82) is 0 Å². The quantitative estimate of drug-likeness (QED) is 0.883. The number of hydrogen-bond donors (Lipinski definition) is 1. The first-order chi connectivity index (χ1) is 10.3. The van der Waals surface area contributed by atoms with E-state index in [0.717, 1.165) is 49.4 Å². The molecule has 2 aromatic rings. The third-order valence-corrected chi connectivity index (χ3v) is 4.35. The zero-order valence-electron chi connectivity index (χ0n) is 12.3. The van der Waals surface area contributed by atoms with E-state index < -0.39 is 0 Å². The fourth-order valence-electron chi connectivity index (χ4n) is 2.92. The summed E-state index contributed by atoms with van der Waals surface area (Å²) in [6, 6.07) is 10.3. The first kappa shape index (κ1) is 14.5. The summed E-state index contributed by atoms with van der Waals surface area (Å²) in [5.74, 6) is 1.24. The van der Waals surface area contributed by atoms with Gasteiger partial charge in [-0.25, -0.2) is 9.97 Å². The average Bonchev–Trinajstić information content (AvgIpc) is 2.70. The Morgan fingerprint density at radius 3 is 2.81 bits per heavy atom. The number of benzene rings is 1. The molecule has 3 nitrogen and oxygen atoms in total. The van der Waals surface area contributed by atoms with Crippen molar-refractivity contribution >= 4 is 11.6 Å². The van der Waals surface area contributed by atoms with E-state index in [0.29, 0.717) is 11.1 Å². The zero-order chi connectivity index (χ0) is 14.7. The van der Waals surface area contributed by atoms with Gasteiger partial charge in [0.1, 0.15) is 11.0 Å². The maximum Gasteiger partial charge on any atom is 0.136 e. The number of fused-ring (bicyclic) bond motifs is 1. The van der Waals surface area contributed by atoms with Crippen LogP contribution in [0.3, 0.4) is 0 Å². The van der Waals surface area contributed by atoms with Gasteiger partial charge in [0, 0.05) is 37.4 Å². The summed E-state index contributed by atoms with van der Waals surface area (Å²) in [7, 11) is 0. The Kier molecular flexibility index (Phi) is 4.51. The van der Waals surface area contributed by atoms with Gasteiger partial charge in [-0.1, -0.05) is 48.9 Å². The minimum Gasteiger partial charge on any atom is -0.316 e. The van der Waals surface area contributed by atoms with E-state index in [1.807, 2.05) is 18.2 Å². The minimum absolute atomic E-state index is 0.417. The maximum atomic E-state index is 6.48. The molecule has 21 heavy (non-hydrogen) atoms. The monoisotopic (exact) mass is 301 g/mol. The van der Waals surface area contributed by atoms with Crippen molar-refractivity contribution in [2.45, 2.75) is 32.1 Å². The van der Waals surface area contributed by atoms with Gasteiger partial charge in [0.2, 0.25) is 0 Å². The van der Waals surface area contributed by atoms with Crippen LogP contribution in [0.25, 0.3) is 0 Å². The number of halogens is 1. The van der Waals surface area contributed by atoms with Crippen LogP contribution in [0.5, 0.6) is 0 Å². The van der Waals surface area contributed by atoms with Gasteiger partial charge < -0.3 is 5.32 Å². The summed E-state index contributed by atoms with van der Waals surface area (Å²) >= 11 is 6.48. The molecule has 0 aliphatic carbocycles. The van der Waals surface area contributed by atoms with Crippen LogP contribution in [0.15, 0.2) is 30.3 Å². The fraction of sp³-hybridized carbons (Fsp3) is 0.412. The molecule has 2 heterocycles. The summed E-state index contributed by atoms with van der Waals surface area (Å²) in [4.78, 5) is 9.34. The molecular formula is C17H20ClN3. The van der Waals surface area contributed by atoms with Crippen molar-refractivity contribution in [2.75, 3.05) is 13.1 Å². The highest BCUT2D eigenvalue weighted by molar-refractivity contribution is 6.30. The Morgan fingerprint density at radius 1 is 1.24 bits per heavy atom. The molecule has 0 saturated heterocycles. The Hall–Kier alpha value is -1.45. The lowest BCUT2D eigenvalue weighted by Crippen LogP contribution is -2.19. The summed E-state index contributed by atoms with van der Waals surface area (Å²) in [6.07, 6.45) is 2.72. The highest BCUT2D eigenvalue weighted by Crippen LogP contribution is 2.30. The van der Waals surface area contributed by atoms with Crippen molar-refractivity contribution < 1.29 is 0 Å². The van der Waals surface area contributed by atoms with Gasteiger partial charge in [0.25, 0.3) is 0 Å². The van der Waals surface area contributed by atoms with Crippen molar-refractivity contribution in [3.8, 4) is 0 Å². The van der Waals surface area contributed by atoms with Gasteiger partial charge in [0.05, 0.1) is 5.69 Å². The zero-order valence-corrected chi connectivity index (χ0v) is 13.0. The van der Waals surface area contributed by atoms with E-state index in [4.69, 9.17) is 16.6 Å². The molecule has 1 unspecified atom stereocenters. The number of nitrogens with one attached hydrogen (secondary N) is 1. The maximum absolute atomic E-state index is 6.48. The molecule has 0 amide bonds. The van der Waals surface area contributed by atoms with E-state index in [1.165, 1.54) is 5.56 Å². The van der Waals surface area contributed by atoms with E-state index >= 15 is 0 Å². The van der Waals surface area contributed by atoms with Gasteiger partial charge in [-0.3, -0.25) is 0 Å². The van der Waals surface area contributed by atoms with Crippen LogP contribution in [0.4, 0.5) is 0 Å². The summed E-state index contributed by atoms with van der Waals surface area (Å²) in [5.41, 5.74) is 3.49. The lowest BCUT2D eigenvalue weighted by atomic mass is 9.96. The summed E-state index contributed by atoms with van der Waals surface area (Å²) in [5, 5.41) is 4.11. The van der Waals surface area contributed by atoms with Crippen LogP contribution in [-0.2, 0) is 12.8 Å². The molecule has 3 rings (SSSR count). The molecule has 0 bridgehead atoms. The first-order valence-corrected chi connectivity index (χ1v) is 7.95. The van der Waals surface area contributed by atoms with Crippen LogP contribution < -0.4 is 5.32 Å². The molecule has 1 aromatic carbocycles. The molecule has 110 valence electrons. The number of nitrogens with zero attached hydrogens (tertiary/aromatic N) is 2. The minimum atomic E-state index is 0.417. The normalized spacial score (nSPS) is 18.1. The summed E-state index contributed by atoms with van der Waals surface area (Å²) < 4.78 is 0. The van der Waals surface area contributed by atoms with Crippen LogP contribution in [-0.4, -0.2) is 23.1 Å². The van der Waals surface area contributed by atoms with Crippen LogP contribution in [0.1, 0.15) is 41.9 Å². The van der Waals surface area contributed by atoms with Crippen LogP contribution in [0.2, 0.25) is 5.15 Å². The predicted octanol–water partition coefficient (Wildman–Crippen LogP) is 3.36. The highest BCUT2D eigenvalue weighted by Gasteiger charge is 2.22. The van der Waals surface area contributed by atoms with Gasteiger partial charge in [-0.05, 0) is 12.0 Å². The Labute approximate surface area is 130 Å². The molecule has 4 heteroatoms. The Morgan fingerprint density at radius 2 is 2.05 bits per heavy atom. The fourth-order valence-corrected chi connectivity index (χ4v) is 3.28. The van der Waals surface area contributed by atoms with Crippen LogP contribution in [0, 0.1) is 0 Å². The first-order valence-electron chi connectivity index (χ1n) is 7.57. The lowest BCUT2D eigenvalue weighted by Gasteiger charge is -2.16. The summed E-state index contributed by atoms with van der Waals surface area (Å²) in [6.45, 7) is 4.11. The molecule has 0 fully saturated rings. The number of rotatable bonds is 3. The number of hydrogen-bond acceptors (Lipinski definition) is 3. The SMILES string of the molecule is CCC1CNCCc2nc(Cc3ccccc3)nc(Cl)c21. The third kappa shape index (κ3) is 3.25. The predicted molar refractivity (Wildman–Crippen MR) is 85.9 cm³/mol. The van der Waals surface area contributed by atoms with E-state index in [9.17, 15) is 0 Å². The number of aromatic nitrogens is 2. The second-order valence-electron chi connectivity index (χ2n) is 5.51. The van der Waals surface area contributed by atoms with Gasteiger partial charge in [-0.2, -0.15) is 0 Å². The largest absolute Gasteiger partial charge is 0.316 e. The molecular weight excluding hydrogens is 282 g/mol. The van der Waals surface area contributed by atoms with Gasteiger partial charge in [0.15, 0.2) is 0 Å². The standard InChI is InChI=1S/C17H20ClN3/c1-2-13-11-19-9-8-14-16(13)17(18)21-15(20-14)10-12-6-4-3-5-7-12/h3-7,13,19H,2,8-11H2,1H3. The molecule has 0 saturated carbocycles. The molecule has 1 atom stereocenters. The second-order valence-corrected chi connectivity index (χ2v) is 5.87. The van der Waals surface area contributed by atoms with Crippen molar-refractivity contribution in [3.05, 3.63) is 58.1 Å². The molecule has 0 radical (unpaired) electrons. The molecule has 1 N–H and O–H groups in total. The second kappa shape index (κ2) is 6.54. The molecule has 1 aliphatic heterocycles. The Bertz CT molecular complexity index is 613. The van der Waals surface area contributed by atoms with Crippen molar-refractivity contribution in [2.24, 2.45) is 0 Å². The highest BCUT2D eigenvalue weighted by atomic mass is 35.5. The average molecular weight is 302 g/mol. The lowest BCUT2D eigenvalue weighted by molar-refractivity contribution is 0.593. The molecule has 1 aliphatic rings. The van der Waals surface area contributed by atoms with Crippen molar-refractivity contribution in [3.63, 3.8) is 0 Å². The molecule has 0 spiro atoms. The van der Waals surface area contributed by atoms with Crippen molar-refractivity contribution in [1.82, 2.24) is 15.3 Å². The van der Waals surface area contributed by atoms with Gasteiger partial charge >= 0.3 is 0 Å². The van der Waals surface area contributed by atoms with Crippen LogP contribution >= 0.6 is 11.6 Å². The molecule has 1 aromatic heterocycles.